The second-order valence-electron chi connectivity index (χ2n) is 7.38. The van der Waals surface area contributed by atoms with Crippen LogP contribution < -0.4 is 0 Å². The molecule has 3 nitrogen and oxygen atoms in total. The molecule has 0 aliphatic carbocycles. The van der Waals surface area contributed by atoms with Crippen molar-refractivity contribution in [2.24, 2.45) is 5.92 Å². The third-order valence-electron chi connectivity index (χ3n) is 4.53. The average molecular weight is 305 g/mol. The van der Waals surface area contributed by atoms with Crippen molar-refractivity contribution >= 4 is 8.32 Å². The van der Waals surface area contributed by atoms with Crippen LogP contribution in [0.15, 0.2) is 0 Å². The van der Waals surface area contributed by atoms with Crippen LogP contribution in [-0.4, -0.2) is 38.4 Å². The molecular weight excluding hydrogens is 268 g/mol. The van der Waals surface area contributed by atoms with Gasteiger partial charge in [-0.05, 0) is 49.7 Å². The summed E-state index contributed by atoms with van der Waals surface area (Å²) in [6.07, 6.45) is 6.16. The summed E-state index contributed by atoms with van der Waals surface area (Å²) >= 11 is 0. The van der Waals surface area contributed by atoms with E-state index in [1.807, 2.05) is 0 Å². The van der Waals surface area contributed by atoms with E-state index in [2.05, 4.69) is 33.9 Å². The molecule has 0 rings (SSSR count). The number of unbranched alkanes of at least 4 members (excludes halogenated alkanes) is 2. The van der Waals surface area contributed by atoms with E-state index in [4.69, 9.17) is 14.6 Å². The van der Waals surface area contributed by atoms with E-state index in [0.717, 1.165) is 45.1 Å². The van der Waals surface area contributed by atoms with Gasteiger partial charge in [-0.2, -0.15) is 0 Å². The van der Waals surface area contributed by atoms with E-state index in [1.165, 1.54) is 0 Å². The lowest BCUT2D eigenvalue weighted by atomic mass is 9.97. The summed E-state index contributed by atoms with van der Waals surface area (Å²) in [6.45, 7) is 12.8. The van der Waals surface area contributed by atoms with Crippen molar-refractivity contribution in [2.45, 2.75) is 77.4 Å². The van der Waals surface area contributed by atoms with Gasteiger partial charge in [0.25, 0.3) is 0 Å². The molecule has 0 aromatic rings. The summed E-state index contributed by atoms with van der Waals surface area (Å²) in [7, 11) is -1.66. The Morgan fingerprint density at radius 1 is 0.900 bits per heavy atom. The van der Waals surface area contributed by atoms with Gasteiger partial charge in [0, 0.05) is 19.8 Å². The Bertz CT molecular complexity index is 226. The molecule has 4 heteroatoms. The zero-order valence-corrected chi connectivity index (χ0v) is 15.2. The zero-order chi connectivity index (χ0) is 15.6. The quantitative estimate of drug-likeness (QED) is 0.449. The number of aliphatic hydroxyl groups is 2. The molecule has 0 radical (unpaired) electrons. The lowest BCUT2D eigenvalue weighted by Crippen LogP contribution is -2.42. The Balaban J connectivity index is 4.25. The third kappa shape index (κ3) is 8.40. The maximum absolute atomic E-state index is 8.90. The second-order valence-corrected chi connectivity index (χ2v) is 12.2. The highest BCUT2D eigenvalue weighted by atomic mass is 28.4. The van der Waals surface area contributed by atoms with Crippen molar-refractivity contribution in [3.63, 3.8) is 0 Å². The molecule has 0 aromatic heterocycles. The fourth-order valence-electron chi connectivity index (χ4n) is 1.94. The topological polar surface area (TPSA) is 49.7 Å². The molecule has 0 aliphatic rings. The molecule has 0 spiro atoms. The van der Waals surface area contributed by atoms with Crippen molar-refractivity contribution in [1.29, 1.82) is 0 Å². The maximum Gasteiger partial charge on any atom is 0.191 e. The van der Waals surface area contributed by atoms with Gasteiger partial charge >= 0.3 is 0 Å². The average Bonchev–Trinajstić information content (AvgIpc) is 2.34. The Kier molecular flexibility index (Phi) is 9.98. The minimum atomic E-state index is -1.66. The molecule has 0 fully saturated rings. The largest absolute Gasteiger partial charge is 0.417 e. The highest BCUT2D eigenvalue weighted by Crippen LogP contribution is 2.37. The van der Waals surface area contributed by atoms with Crippen molar-refractivity contribution in [3.05, 3.63) is 0 Å². The summed E-state index contributed by atoms with van der Waals surface area (Å²) in [5.74, 6) is 0.572. The van der Waals surface area contributed by atoms with Crippen LogP contribution in [0.1, 0.15) is 59.3 Å². The van der Waals surface area contributed by atoms with Crippen molar-refractivity contribution in [1.82, 2.24) is 0 Å². The molecule has 0 saturated carbocycles. The van der Waals surface area contributed by atoms with Crippen LogP contribution in [0.25, 0.3) is 0 Å². The number of hydrogen-bond acceptors (Lipinski definition) is 3. The first-order chi connectivity index (χ1) is 9.24. The highest BCUT2D eigenvalue weighted by molar-refractivity contribution is 6.74. The maximum atomic E-state index is 8.90. The zero-order valence-electron chi connectivity index (χ0n) is 14.2. The first-order valence-electron chi connectivity index (χ1n) is 8.10. The van der Waals surface area contributed by atoms with Crippen LogP contribution in [0, 0.1) is 5.92 Å². The number of aliphatic hydroxyl groups excluding tert-OH is 2. The van der Waals surface area contributed by atoms with E-state index < -0.39 is 8.32 Å². The SMILES string of the molecule is CC(C)(C)[Si](C)(C)OCC(CCCCO)CCCCO. The smallest absolute Gasteiger partial charge is 0.191 e. The van der Waals surface area contributed by atoms with E-state index in [0.29, 0.717) is 5.92 Å². The van der Waals surface area contributed by atoms with Crippen LogP contribution >= 0.6 is 0 Å². The Morgan fingerprint density at radius 3 is 1.70 bits per heavy atom. The molecule has 0 amide bonds. The van der Waals surface area contributed by atoms with Crippen LogP contribution in [0.2, 0.25) is 18.1 Å². The summed E-state index contributed by atoms with van der Waals surface area (Å²) in [5, 5.41) is 18.1. The molecule has 0 atom stereocenters. The highest BCUT2D eigenvalue weighted by Gasteiger charge is 2.37. The van der Waals surface area contributed by atoms with Gasteiger partial charge in [-0.25, -0.2) is 0 Å². The first kappa shape index (κ1) is 20.1. The Labute approximate surface area is 126 Å². The monoisotopic (exact) mass is 304 g/mol. The fraction of sp³-hybridized carbons (Fsp3) is 1.00. The Hall–Kier alpha value is 0.0969. The molecule has 122 valence electrons. The summed E-state index contributed by atoms with van der Waals surface area (Å²) in [6, 6.07) is 0. The predicted octanol–water partition coefficient (Wildman–Crippen LogP) is 3.95. The molecule has 0 saturated heterocycles. The van der Waals surface area contributed by atoms with Gasteiger partial charge in [-0.15, -0.1) is 0 Å². The van der Waals surface area contributed by atoms with Gasteiger partial charge < -0.3 is 14.6 Å². The predicted molar refractivity (Wildman–Crippen MR) is 88.5 cm³/mol. The molecule has 0 aliphatic heterocycles. The molecule has 0 unspecified atom stereocenters. The van der Waals surface area contributed by atoms with Gasteiger partial charge in [0.05, 0.1) is 0 Å². The van der Waals surface area contributed by atoms with Gasteiger partial charge in [-0.1, -0.05) is 33.6 Å². The van der Waals surface area contributed by atoms with E-state index in [1.54, 1.807) is 0 Å². The third-order valence-corrected chi connectivity index (χ3v) is 9.03. The van der Waals surface area contributed by atoms with Crippen molar-refractivity contribution in [3.8, 4) is 0 Å². The lowest BCUT2D eigenvalue weighted by molar-refractivity contribution is 0.197. The van der Waals surface area contributed by atoms with E-state index in [9.17, 15) is 0 Å². The van der Waals surface area contributed by atoms with Crippen LogP contribution in [-0.2, 0) is 4.43 Å². The molecule has 0 bridgehead atoms. The minimum absolute atomic E-state index is 0.258. The van der Waals surface area contributed by atoms with Crippen LogP contribution in [0.4, 0.5) is 0 Å². The van der Waals surface area contributed by atoms with Gasteiger partial charge in [0.2, 0.25) is 0 Å². The molecular formula is C16H36O3Si. The Morgan fingerprint density at radius 2 is 1.35 bits per heavy atom. The lowest BCUT2D eigenvalue weighted by Gasteiger charge is -2.37. The molecule has 2 N–H and O–H groups in total. The molecule has 0 heterocycles. The summed E-state index contributed by atoms with van der Waals surface area (Å²) < 4.78 is 6.33. The summed E-state index contributed by atoms with van der Waals surface area (Å²) in [4.78, 5) is 0. The summed E-state index contributed by atoms with van der Waals surface area (Å²) in [5.41, 5.74) is 0. The van der Waals surface area contributed by atoms with Gasteiger partial charge in [0.1, 0.15) is 0 Å². The minimum Gasteiger partial charge on any atom is -0.417 e. The molecule has 20 heavy (non-hydrogen) atoms. The van der Waals surface area contributed by atoms with Gasteiger partial charge in [-0.3, -0.25) is 0 Å². The number of rotatable bonds is 11. The standard InChI is InChI=1S/C16H36O3Si/c1-16(2,3)20(4,5)19-14-15(10-6-8-12-17)11-7-9-13-18/h15,17-18H,6-14H2,1-5H3. The first-order valence-corrected chi connectivity index (χ1v) is 11.0. The molecule has 0 aromatic carbocycles. The van der Waals surface area contributed by atoms with E-state index in [-0.39, 0.29) is 18.3 Å². The van der Waals surface area contributed by atoms with Crippen LogP contribution in [0.5, 0.6) is 0 Å². The van der Waals surface area contributed by atoms with Crippen molar-refractivity contribution in [2.75, 3.05) is 19.8 Å². The van der Waals surface area contributed by atoms with Crippen LogP contribution in [0.3, 0.4) is 0 Å². The fourth-order valence-corrected chi connectivity index (χ4v) is 3.03. The van der Waals surface area contributed by atoms with Crippen molar-refractivity contribution < 1.29 is 14.6 Å². The number of hydrogen-bond donors (Lipinski definition) is 2. The second kappa shape index (κ2) is 9.93. The van der Waals surface area contributed by atoms with Gasteiger partial charge in [0.15, 0.2) is 8.32 Å². The van der Waals surface area contributed by atoms with E-state index >= 15 is 0 Å². The normalized spacial score (nSPS) is 13.2.